The van der Waals surface area contributed by atoms with Crippen molar-refractivity contribution in [1.29, 1.82) is 0 Å². The molecule has 2 rings (SSSR count). The highest BCUT2D eigenvalue weighted by atomic mass is 16.5. The summed E-state index contributed by atoms with van der Waals surface area (Å²) < 4.78 is 5.74. The predicted octanol–water partition coefficient (Wildman–Crippen LogP) is 3.30. The SMILES string of the molecule is CC(C)c1c(O)cccc1OCC1CC1. The van der Waals surface area contributed by atoms with Crippen molar-refractivity contribution in [2.75, 3.05) is 6.61 Å². The first kappa shape index (κ1) is 10.3. The van der Waals surface area contributed by atoms with Gasteiger partial charge in [0.05, 0.1) is 6.61 Å². The van der Waals surface area contributed by atoms with E-state index in [9.17, 15) is 5.11 Å². The van der Waals surface area contributed by atoms with E-state index < -0.39 is 0 Å². The van der Waals surface area contributed by atoms with Crippen LogP contribution >= 0.6 is 0 Å². The van der Waals surface area contributed by atoms with Crippen LogP contribution in [0.25, 0.3) is 0 Å². The Bertz CT molecular complexity index is 340. The van der Waals surface area contributed by atoms with Crippen LogP contribution in [0.1, 0.15) is 38.2 Å². The van der Waals surface area contributed by atoms with Crippen molar-refractivity contribution in [3.63, 3.8) is 0 Å². The highest BCUT2D eigenvalue weighted by Gasteiger charge is 2.23. The van der Waals surface area contributed by atoms with E-state index in [1.807, 2.05) is 12.1 Å². The Morgan fingerprint density at radius 2 is 2.13 bits per heavy atom. The van der Waals surface area contributed by atoms with Gasteiger partial charge in [0.25, 0.3) is 0 Å². The van der Waals surface area contributed by atoms with Crippen LogP contribution in [0.5, 0.6) is 11.5 Å². The number of ether oxygens (including phenoxy) is 1. The number of hydrogen-bond donors (Lipinski definition) is 1. The number of phenols is 1. The number of hydrogen-bond acceptors (Lipinski definition) is 2. The molecule has 0 unspecified atom stereocenters. The Morgan fingerprint density at radius 3 is 2.73 bits per heavy atom. The normalized spacial score (nSPS) is 15.7. The second-order valence-corrected chi connectivity index (χ2v) is 4.60. The van der Waals surface area contributed by atoms with E-state index in [4.69, 9.17) is 4.74 Å². The van der Waals surface area contributed by atoms with Crippen molar-refractivity contribution >= 4 is 0 Å². The van der Waals surface area contributed by atoms with Crippen LogP contribution in [0.15, 0.2) is 18.2 Å². The lowest BCUT2D eigenvalue weighted by Crippen LogP contribution is -2.02. The zero-order chi connectivity index (χ0) is 10.8. The third-order valence-corrected chi connectivity index (χ3v) is 2.79. The third kappa shape index (κ3) is 2.44. The second kappa shape index (κ2) is 4.13. The summed E-state index contributed by atoms with van der Waals surface area (Å²) in [6.45, 7) is 4.93. The Balaban J connectivity index is 2.15. The van der Waals surface area contributed by atoms with Crippen molar-refractivity contribution in [3.8, 4) is 11.5 Å². The number of phenolic OH excluding ortho intramolecular Hbond substituents is 1. The van der Waals surface area contributed by atoms with Gasteiger partial charge in [-0.25, -0.2) is 0 Å². The fraction of sp³-hybridized carbons (Fsp3) is 0.538. The zero-order valence-electron chi connectivity index (χ0n) is 9.36. The molecule has 1 aliphatic rings. The first-order valence-electron chi connectivity index (χ1n) is 5.63. The maximum Gasteiger partial charge on any atom is 0.126 e. The van der Waals surface area contributed by atoms with Crippen LogP contribution in [-0.4, -0.2) is 11.7 Å². The summed E-state index contributed by atoms with van der Waals surface area (Å²) in [5.74, 6) is 2.22. The summed E-state index contributed by atoms with van der Waals surface area (Å²) in [4.78, 5) is 0. The minimum Gasteiger partial charge on any atom is -0.508 e. The van der Waals surface area contributed by atoms with Crippen molar-refractivity contribution in [2.24, 2.45) is 5.92 Å². The molecule has 0 aliphatic heterocycles. The molecule has 15 heavy (non-hydrogen) atoms. The van der Waals surface area contributed by atoms with Gasteiger partial charge in [-0.15, -0.1) is 0 Å². The van der Waals surface area contributed by atoms with Gasteiger partial charge in [-0.2, -0.15) is 0 Å². The summed E-state index contributed by atoms with van der Waals surface area (Å²) in [6.07, 6.45) is 2.58. The highest BCUT2D eigenvalue weighted by Crippen LogP contribution is 2.36. The molecule has 2 nitrogen and oxygen atoms in total. The quantitative estimate of drug-likeness (QED) is 0.819. The first-order chi connectivity index (χ1) is 7.18. The van der Waals surface area contributed by atoms with Crippen molar-refractivity contribution < 1.29 is 9.84 Å². The molecule has 0 atom stereocenters. The minimum atomic E-state index is 0.292. The van der Waals surface area contributed by atoms with E-state index in [2.05, 4.69) is 13.8 Å². The third-order valence-electron chi connectivity index (χ3n) is 2.79. The van der Waals surface area contributed by atoms with Gasteiger partial charge >= 0.3 is 0 Å². The maximum atomic E-state index is 9.76. The monoisotopic (exact) mass is 206 g/mol. The topological polar surface area (TPSA) is 29.5 Å². The van der Waals surface area contributed by atoms with Gasteiger partial charge in [0, 0.05) is 5.56 Å². The lowest BCUT2D eigenvalue weighted by atomic mass is 10.0. The molecule has 0 radical (unpaired) electrons. The van der Waals surface area contributed by atoms with Gasteiger partial charge in [0.1, 0.15) is 11.5 Å². The fourth-order valence-electron chi connectivity index (χ4n) is 1.73. The molecule has 1 N–H and O–H groups in total. The summed E-state index contributed by atoms with van der Waals surface area (Å²) >= 11 is 0. The average Bonchev–Trinajstić information content (AvgIpc) is 2.97. The van der Waals surface area contributed by atoms with E-state index in [-0.39, 0.29) is 0 Å². The van der Waals surface area contributed by atoms with E-state index in [0.29, 0.717) is 11.7 Å². The summed E-state index contributed by atoms with van der Waals surface area (Å²) in [5, 5.41) is 9.76. The summed E-state index contributed by atoms with van der Waals surface area (Å²) in [5.41, 5.74) is 0.929. The van der Waals surface area contributed by atoms with Gasteiger partial charge in [0.2, 0.25) is 0 Å². The Kier molecular flexibility index (Phi) is 2.85. The molecular formula is C13H18O2. The van der Waals surface area contributed by atoms with Crippen molar-refractivity contribution in [3.05, 3.63) is 23.8 Å². The maximum absolute atomic E-state index is 9.76. The molecule has 0 amide bonds. The molecule has 1 aliphatic carbocycles. The Labute approximate surface area is 90.9 Å². The highest BCUT2D eigenvalue weighted by molar-refractivity contribution is 5.45. The van der Waals surface area contributed by atoms with Crippen molar-refractivity contribution in [2.45, 2.75) is 32.6 Å². The number of rotatable bonds is 4. The second-order valence-electron chi connectivity index (χ2n) is 4.60. The van der Waals surface area contributed by atoms with Gasteiger partial charge in [0.15, 0.2) is 0 Å². The first-order valence-corrected chi connectivity index (χ1v) is 5.63. The molecule has 1 aromatic rings. The fourth-order valence-corrected chi connectivity index (χ4v) is 1.73. The van der Waals surface area contributed by atoms with Crippen LogP contribution in [0.4, 0.5) is 0 Å². The predicted molar refractivity (Wildman–Crippen MR) is 60.4 cm³/mol. The van der Waals surface area contributed by atoms with Crippen LogP contribution < -0.4 is 4.74 Å². The lowest BCUT2D eigenvalue weighted by Gasteiger charge is -2.15. The zero-order valence-corrected chi connectivity index (χ0v) is 9.36. The van der Waals surface area contributed by atoms with E-state index in [0.717, 1.165) is 23.8 Å². The molecule has 82 valence electrons. The molecule has 0 spiro atoms. The Hall–Kier alpha value is -1.18. The summed E-state index contributed by atoms with van der Waals surface area (Å²) in [7, 11) is 0. The van der Waals surface area contributed by atoms with Crippen LogP contribution in [0, 0.1) is 5.92 Å². The van der Waals surface area contributed by atoms with Gasteiger partial charge in [-0.05, 0) is 36.8 Å². The van der Waals surface area contributed by atoms with Crippen LogP contribution in [-0.2, 0) is 0 Å². The van der Waals surface area contributed by atoms with E-state index in [1.165, 1.54) is 12.8 Å². The van der Waals surface area contributed by atoms with Crippen molar-refractivity contribution in [1.82, 2.24) is 0 Å². The summed E-state index contributed by atoms with van der Waals surface area (Å²) in [6, 6.07) is 5.50. The van der Waals surface area contributed by atoms with Crippen LogP contribution in [0.2, 0.25) is 0 Å². The minimum absolute atomic E-state index is 0.292. The van der Waals surface area contributed by atoms with Crippen LogP contribution in [0.3, 0.4) is 0 Å². The number of benzene rings is 1. The standard InChI is InChI=1S/C13H18O2/c1-9(2)13-11(14)4-3-5-12(13)15-8-10-6-7-10/h3-5,9-10,14H,6-8H2,1-2H3. The molecule has 2 heteroatoms. The lowest BCUT2D eigenvalue weighted by molar-refractivity contribution is 0.293. The van der Waals surface area contributed by atoms with E-state index in [1.54, 1.807) is 6.07 Å². The molecule has 0 bridgehead atoms. The van der Waals surface area contributed by atoms with Gasteiger partial charge in [-0.3, -0.25) is 0 Å². The Morgan fingerprint density at radius 1 is 1.40 bits per heavy atom. The van der Waals surface area contributed by atoms with Gasteiger partial charge < -0.3 is 9.84 Å². The molecule has 1 saturated carbocycles. The molecular weight excluding hydrogens is 188 g/mol. The van der Waals surface area contributed by atoms with E-state index >= 15 is 0 Å². The molecule has 1 fully saturated rings. The largest absolute Gasteiger partial charge is 0.508 e. The molecule has 0 aromatic heterocycles. The molecule has 1 aromatic carbocycles. The van der Waals surface area contributed by atoms with Gasteiger partial charge in [-0.1, -0.05) is 19.9 Å². The smallest absolute Gasteiger partial charge is 0.126 e. The molecule has 0 heterocycles. The molecule has 0 saturated heterocycles. The number of aromatic hydroxyl groups is 1. The average molecular weight is 206 g/mol.